The molecular weight excluding hydrogens is 234 g/mol. The van der Waals surface area contributed by atoms with Gasteiger partial charge in [-0.1, -0.05) is 71.6 Å². The van der Waals surface area contributed by atoms with E-state index in [1.54, 1.807) is 0 Å². The van der Waals surface area contributed by atoms with Gasteiger partial charge in [0.05, 0.1) is 0 Å². The average molecular weight is 269 g/mol. The zero-order valence-corrected chi connectivity index (χ0v) is 13.5. The van der Waals surface area contributed by atoms with Crippen molar-refractivity contribution in [3.8, 4) is 0 Å². The molecule has 0 aliphatic carbocycles. The van der Waals surface area contributed by atoms with Gasteiger partial charge >= 0.3 is 0 Å². The summed E-state index contributed by atoms with van der Waals surface area (Å²) in [5.41, 5.74) is 2.96. The summed E-state index contributed by atoms with van der Waals surface area (Å²) < 4.78 is 0. The van der Waals surface area contributed by atoms with Crippen LogP contribution >= 0.6 is 0 Å². The van der Waals surface area contributed by atoms with Gasteiger partial charge in [-0.05, 0) is 13.3 Å². The number of unbranched alkanes of at least 4 members (excludes halogenated alkanes) is 8. The molecule has 3 nitrogen and oxygen atoms in total. The van der Waals surface area contributed by atoms with Crippen molar-refractivity contribution >= 4 is 6.72 Å². The Kier molecular flexibility index (Phi) is 13.4. The largest absolute Gasteiger partial charge is 0.241 e. The van der Waals surface area contributed by atoms with E-state index in [1.165, 1.54) is 64.2 Å². The minimum atomic E-state index is 0.542. The van der Waals surface area contributed by atoms with E-state index in [1.807, 2.05) is 0 Å². The molecule has 3 heteroatoms. The standard InChI is InChI=1S/C16H35N3/c1-5-7-8-9-10-11-12-13-14-15-16(3)19(6-2)18-17-4/h16,18H,4-15H2,1-3H3. The summed E-state index contributed by atoms with van der Waals surface area (Å²) in [4.78, 5) is 0. The fourth-order valence-electron chi connectivity index (χ4n) is 2.48. The Morgan fingerprint density at radius 2 is 1.47 bits per heavy atom. The lowest BCUT2D eigenvalue weighted by Gasteiger charge is -2.26. The van der Waals surface area contributed by atoms with Gasteiger partial charge in [-0.25, -0.2) is 10.5 Å². The summed E-state index contributed by atoms with van der Waals surface area (Å²) in [5.74, 6) is 0. The Labute approximate surface area is 120 Å². The van der Waals surface area contributed by atoms with Gasteiger partial charge in [0, 0.05) is 19.3 Å². The molecule has 19 heavy (non-hydrogen) atoms. The monoisotopic (exact) mass is 269 g/mol. The van der Waals surface area contributed by atoms with Gasteiger partial charge < -0.3 is 0 Å². The first-order valence-corrected chi connectivity index (χ1v) is 8.24. The third kappa shape index (κ3) is 11.0. The van der Waals surface area contributed by atoms with Crippen molar-refractivity contribution in [2.75, 3.05) is 6.54 Å². The number of hydrazone groups is 1. The van der Waals surface area contributed by atoms with Crippen LogP contribution in [0.15, 0.2) is 5.10 Å². The highest BCUT2D eigenvalue weighted by Crippen LogP contribution is 2.12. The van der Waals surface area contributed by atoms with Gasteiger partial charge in [0.25, 0.3) is 0 Å². The van der Waals surface area contributed by atoms with Gasteiger partial charge in [0.15, 0.2) is 0 Å². The van der Waals surface area contributed by atoms with Crippen LogP contribution in [0, 0.1) is 0 Å². The number of nitrogens with zero attached hydrogens (tertiary/aromatic N) is 2. The summed E-state index contributed by atoms with van der Waals surface area (Å²) in [7, 11) is 0. The molecule has 0 bridgehead atoms. The predicted octanol–water partition coefficient (Wildman–Crippen LogP) is 4.74. The molecule has 0 aliphatic rings. The number of hydrazine groups is 1. The molecule has 0 aromatic rings. The van der Waals surface area contributed by atoms with Crippen molar-refractivity contribution in [3.05, 3.63) is 0 Å². The molecule has 0 aromatic heterocycles. The molecule has 0 spiro atoms. The maximum absolute atomic E-state index is 3.75. The van der Waals surface area contributed by atoms with E-state index in [-0.39, 0.29) is 0 Å². The molecule has 0 amide bonds. The highest BCUT2D eigenvalue weighted by molar-refractivity contribution is 5.22. The third-order valence-corrected chi connectivity index (χ3v) is 3.80. The quantitative estimate of drug-likeness (QED) is 0.280. The van der Waals surface area contributed by atoms with E-state index < -0.39 is 0 Å². The van der Waals surface area contributed by atoms with E-state index in [0.29, 0.717) is 6.04 Å². The van der Waals surface area contributed by atoms with Gasteiger partial charge in [-0.3, -0.25) is 0 Å². The molecule has 114 valence electrons. The van der Waals surface area contributed by atoms with Crippen LogP contribution in [0.4, 0.5) is 0 Å². The minimum Gasteiger partial charge on any atom is -0.241 e. The molecule has 0 aliphatic heterocycles. The molecule has 0 fully saturated rings. The smallest absolute Gasteiger partial charge is 0.0278 e. The predicted molar refractivity (Wildman–Crippen MR) is 86.4 cm³/mol. The summed E-state index contributed by atoms with van der Waals surface area (Å²) in [6.07, 6.45) is 13.8. The first-order valence-electron chi connectivity index (χ1n) is 8.24. The molecule has 0 heterocycles. The third-order valence-electron chi connectivity index (χ3n) is 3.80. The Balaban J connectivity index is 3.35. The van der Waals surface area contributed by atoms with Gasteiger partial charge in [0.2, 0.25) is 0 Å². The lowest BCUT2D eigenvalue weighted by Crippen LogP contribution is -2.41. The fourth-order valence-corrected chi connectivity index (χ4v) is 2.48. The first kappa shape index (κ1) is 18.4. The highest BCUT2D eigenvalue weighted by Gasteiger charge is 2.09. The highest BCUT2D eigenvalue weighted by atomic mass is 15.7. The Morgan fingerprint density at radius 1 is 0.947 bits per heavy atom. The van der Waals surface area contributed by atoms with Crippen molar-refractivity contribution < 1.29 is 0 Å². The van der Waals surface area contributed by atoms with Gasteiger partial charge in [-0.15, -0.1) is 0 Å². The topological polar surface area (TPSA) is 27.6 Å². The second kappa shape index (κ2) is 13.9. The maximum atomic E-state index is 3.75. The fraction of sp³-hybridized carbons (Fsp3) is 0.938. The van der Waals surface area contributed by atoms with Crippen LogP contribution < -0.4 is 5.53 Å². The molecule has 1 atom stereocenters. The Hall–Kier alpha value is -0.570. The number of hydrogen-bond acceptors (Lipinski definition) is 3. The molecule has 0 rings (SSSR count). The van der Waals surface area contributed by atoms with Crippen LogP contribution in [-0.2, 0) is 0 Å². The summed E-state index contributed by atoms with van der Waals surface area (Å²) >= 11 is 0. The molecule has 0 saturated heterocycles. The zero-order chi connectivity index (χ0) is 14.3. The summed E-state index contributed by atoms with van der Waals surface area (Å²) in [6.45, 7) is 11.1. The maximum Gasteiger partial charge on any atom is 0.0278 e. The van der Waals surface area contributed by atoms with Crippen LogP contribution in [0.1, 0.15) is 85.0 Å². The van der Waals surface area contributed by atoms with Crippen LogP contribution in [0.2, 0.25) is 0 Å². The van der Waals surface area contributed by atoms with Gasteiger partial charge in [0.1, 0.15) is 0 Å². The lowest BCUT2D eigenvalue weighted by atomic mass is 10.0. The van der Waals surface area contributed by atoms with Crippen molar-refractivity contribution in [3.63, 3.8) is 0 Å². The van der Waals surface area contributed by atoms with Crippen LogP contribution in [0.3, 0.4) is 0 Å². The lowest BCUT2D eigenvalue weighted by molar-refractivity contribution is 0.136. The van der Waals surface area contributed by atoms with E-state index >= 15 is 0 Å². The number of rotatable bonds is 14. The number of nitrogens with one attached hydrogen (secondary N) is 1. The van der Waals surface area contributed by atoms with Crippen molar-refractivity contribution in [1.29, 1.82) is 0 Å². The van der Waals surface area contributed by atoms with Gasteiger partial charge in [-0.2, -0.15) is 5.10 Å². The molecule has 1 N–H and O–H groups in total. The molecule has 1 unspecified atom stereocenters. The number of hydrogen-bond donors (Lipinski definition) is 1. The summed E-state index contributed by atoms with van der Waals surface area (Å²) in [6, 6.07) is 0.542. The first-order chi connectivity index (χ1) is 9.26. The second-order valence-corrected chi connectivity index (χ2v) is 5.51. The van der Waals surface area contributed by atoms with Crippen molar-refractivity contribution in [2.45, 2.75) is 91.0 Å². The zero-order valence-electron chi connectivity index (χ0n) is 13.5. The van der Waals surface area contributed by atoms with Crippen LogP contribution in [0.5, 0.6) is 0 Å². The van der Waals surface area contributed by atoms with Crippen LogP contribution in [0.25, 0.3) is 0 Å². The van der Waals surface area contributed by atoms with E-state index in [0.717, 1.165) is 6.54 Å². The summed E-state index contributed by atoms with van der Waals surface area (Å²) in [5, 5.41) is 5.90. The van der Waals surface area contributed by atoms with Crippen LogP contribution in [-0.4, -0.2) is 24.3 Å². The van der Waals surface area contributed by atoms with E-state index in [4.69, 9.17) is 0 Å². The minimum absolute atomic E-state index is 0.542. The molecule has 0 aromatic carbocycles. The SMILES string of the molecule is C=NNN(CC)C(C)CCCCCCCCCCC. The Bertz CT molecular complexity index is 194. The van der Waals surface area contributed by atoms with Crippen molar-refractivity contribution in [2.24, 2.45) is 5.10 Å². The van der Waals surface area contributed by atoms with E-state index in [9.17, 15) is 0 Å². The Morgan fingerprint density at radius 3 is 1.95 bits per heavy atom. The van der Waals surface area contributed by atoms with Crippen molar-refractivity contribution in [1.82, 2.24) is 10.5 Å². The molecule has 0 radical (unpaired) electrons. The molecule has 0 saturated carbocycles. The normalized spacial score (nSPS) is 12.6. The van der Waals surface area contributed by atoms with E-state index in [2.05, 4.69) is 43.1 Å². The second-order valence-electron chi connectivity index (χ2n) is 5.51. The average Bonchev–Trinajstić information content (AvgIpc) is 2.42. The molecular formula is C16H35N3.